The molecule has 1 aromatic rings. The molecule has 1 fully saturated rings. The minimum absolute atomic E-state index is 0.152. The van der Waals surface area contributed by atoms with Gasteiger partial charge in [-0.05, 0) is 38.1 Å². The molecule has 0 spiro atoms. The summed E-state index contributed by atoms with van der Waals surface area (Å²) in [5.41, 5.74) is 0.490. The van der Waals surface area contributed by atoms with Crippen LogP contribution < -0.4 is 19.5 Å². The fourth-order valence-electron chi connectivity index (χ4n) is 2.44. The van der Waals surface area contributed by atoms with E-state index in [1.807, 2.05) is 0 Å². The molecule has 1 saturated heterocycles. The number of nitrogens with one attached hydrogen (secondary N) is 1. The van der Waals surface area contributed by atoms with Gasteiger partial charge in [-0.2, -0.15) is 0 Å². The van der Waals surface area contributed by atoms with E-state index >= 15 is 0 Å². The molecule has 116 valence electrons. The van der Waals surface area contributed by atoms with Crippen LogP contribution in [0.2, 0.25) is 0 Å². The van der Waals surface area contributed by atoms with Crippen molar-refractivity contribution in [3.63, 3.8) is 0 Å². The Morgan fingerprint density at radius 1 is 1.10 bits per heavy atom. The van der Waals surface area contributed by atoms with Gasteiger partial charge in [-0.25, -0.2) is 0 Å². The zero-order chi connectivity index (χ0) is 15.2. The second-order valence-electron chi connectivity index (χ2n) is 4.90. The Kier molecular flexibility index (Phi) is 5.27. The Labute approximate surface area is 125 Å². The quantitative estimate of drug-likeness (QED) is 0.861. The van der Waals surface area contributed by atoms with Crippen LogP contribution in [-0.4, -0.2) is 51.9 Å². The summed E-state index contributed by atoms with van der Waals surface area (Å²) in [4.78, 5) is 14.5. The molecule has 0 unspecified atom stereocenters. The van der Waals surface area contributed by atoms with Crippen LogP contribution in [0.1, 0.15) is 23.2 Å². The third-order valence-corrected chi connectivity index (χ3v) is 3.59. The van der Waals surface area contributed by atoms with Crippen molar-refractivity contribution in [2.24, 2.45) is 0 Å². The van der Waals surface area contributed by atoms with Crippen molar-refractivity contribution in [3.05, 3.63) is 17.7 Å². The maximum Gasteiger partial charge on any atom is 0.252 e. The molecule has 1 N–H and O–H groups in total. The molecule has 1 aliphatic rings. The summed E-state index contributed by atoms with van der Waals surface area (Å²) in [6.07, 6.45) is 2.39. The van der Waals surface area contributed by atoms with Gasteiger partial charge in [0.2, 0.25) is 5.75 Å². The number of hydrogen-bond acceptors (Lipinski definition) is 5. The third-order valence-electron chi connectivity index (χ3n) is 3.59. The lowest BCUT2D eigenvalue weighted by Crippen LogP contribution is -2.35. The van der Waals surface area contributed by atoms with Crippen LogP contribution in [-0.2, 0) is 0 Å². The second-order valence-corrected chi connectivity index (χ2v) is 4.90. The average molecular weight is 294 g/mol. The number of hydrogen-bond donors (Lipinski definition) is 1. The Bertz CT molecular complexity index is 473. The normalized spacial score (nSPS) is 14.8. The summed E-state index contributed by atoms with van der Waals surface area (Å²) >= 11 is 0. The molecular weight excluding hydrogens is 272 g/mol. The zero-order valence-corrected chi connectivity index (χ0v) is 12.8. The number of benzene rings is 1. The predicted octanol–water partition coefficient (Wildman–Crippen LogP) is 1.50. The summed E-state index contributed by atoms with van der Waals surface area (Å²) < 4.78 is 15.7. The number of carbonyl (C=O) groups excluding carboxylic acids is 1. The molecule has 21 heavy (non-hydrogen) atoms. The topological polar surface area (TPSA) is 60.0 Å². The molecule has 6 heteroatoms. The van der Waals surface area contributed by atoms with Crippen LogP contribution in [0.3, 0.4) is 0 Å². The van der Waals surface area contributed by atoms with Crippen LogP contribution in [0.25, 0.3) is 0 Å². The van der Waals surface area contributed by atoms with Crippen LogP contribution in [0.15, 0.2) is 12.1 Å². The molecule has 1 heterocycles. The second kappa shape index (κ2) is 7.17. The fourth-order valence-corrected chi connectivity index (χ4v) is 2.44. The van der Waals surface area contributed by atoms with E-state index in [-0.39, 0.29) is 5.91 Å². The molecule has 2 rings (SSSR count). The molecule has 0 aromatic heterocycles. The van der Waals surface area contributed by atoms with E-state index in [1.165, 1.54) is 34.2 Å². The minimum Gasteiger partial charge on any atom is -0.493 e. The number of ether oxygens (including phenoxy) is 3. The number of methoxy groups -OCH3 is 3. The molecule has 0 saturated carbocycles. The van der Waals surface area contributed by atoms with Gasteiger partial charge >= 0.3 is 0 Å². The van der Waals surface area contributed by atoms with Gasteiger partial charge in [0, 0.05) is 5.56 Å². The summed E-state index contributed by atoms with van der Waals surface area (Å²) in [5, 5.41) is 2.92. The van der Waals surface area contributed by atoms with Crippen LogP contribution in [0.5, 0.6) is 17.2 Å². The first-order valence-electron chi connectivity index (χ1n) is 7.00. The van der Waals surface area contributed by atoms with Gasteiger partial charge in [-0.15, -0.1) is 0 Å². The first-order valence-corrected chi connectivity index (χ1v) is 7.00. The van der Waals surface area contributed by atoms with Crippen molar-refractivity contribution in [1.29, 1.82) is 0 Å². The van der Waals surface area contributed by atoms with Gasteiger partial charge in [0.15, 0.2) is 11.5 Å². The van der Waals surface area contributed by atoms with Gasteiger partial charge < -0.3 is 19.5 Å². The van der Waals surface area contributed by atoms with Gasteiger partial charge in [0.25, 0.3) is 5.91 Å². The minimum atomic E-state index is -0.152. The number of nitrogens with zero attached hydrogens (tertiary/aromatic N) is 1. The third kappa shape index (κ3) is 3.58. The Morgan fingerprint density at radius 3 is 2.14 bits per heavy atom. The van der Waals surface area contributed by atoms with Crippen molar-refractivity contribution >= 4 is 5.91 Å². The van der Waals surface area contributed by atoms with Gasteiger partial charge in [-0.3, -0.25) is 9.69 Å². The highest BCUT2D eigenvalue weighted by Crippen LogP contribution is 2.38. The maximum atomic E-state index is 12.2. The molecule has 0 aliphatic carbocycles. The van der Waals surface area contributed by atoms with Crippen molar-refractivity contribution in [3.8, 4) is 17.2 Å². The van der Waals surface area contributed by atoms with Gasteiger partial charge in [0.05, 0.1) is 28.0 Å². The van der Waals surface area contributed by atoms with E-state index < -0.39 is 0 Å². The van der Waals surface area contributed by atoms with E-state index in [0.717, 1.165) is 13.1 Å². The summed E-state index contributed by atoms with van der Waals surface area (Å²) in [6.45, 7) is 2.64. The van der Waals surface area contributed by atoms with Crippen LogP contribution in [0, 0.1) is 0 Å². The SMILES string of the molecule is COc1cc(C(=O)NCN2CCCC2)cc(OC)c1OC. The van der Waals surface area contributed by atoms with E-state index in [2.05, 4.69) is 10.2 Å². The molecular formula is C15H22N2O4. The van der Waals surface area contributed by atoms with E-state index in [0.29, 0.717) is 29.5 Å². The van der Waals surface area contributed by atoms with Crippen molar-refractivity contribution in [2.45, 2.75) is 12.8 Å². The average Bonchev–Trinajstić information content (AvgIpc) is 3.04. The molecule has 0 bridgehead atoms. The monoisotopic (exact) mass is 294 g/mol. The lowest BCUT2D eigenvalue weighted by Gasteiger charge is -2.17. The number of likely N-dealkylation sites (tertiary alicyclic amines) is 1. The summed E-state index contributed by atoms with van der Waals surface area (Å²) in [6, 6.07) is 3.31. The standard InChI is InChI=1S/C15H22N2O4/c1-19-12-8-11(9-13(20-2)14(12)21-3)15(18)16-10-17-6-4-5-7-17/h8-9H,4-7,10H2,1-3H3,(H,16,18). The Morgan fingerprint density at radius 2 is 1.67 bits per heavy atom. The highest BCUT2D eigenvalue weighted by molar-refractivity contribution is 5.95. The lowest BCUT2D eigenvalue weighted by molar-refractivity contribution is 0.0929. The fraction of sp³-hybridized carbons (Fsp3) is 0.533. The largest absolute Gasteiger partial charge is 0.493 e. The lowest BCUT2D eigenvalue weighted by atomic mass is 10.1. The first kappa shape index (κ1) is 15.4. The predicted molar refractivity (Wildman–Crippen MR) is 79.2 cm³/mol. The molecule has 1 aliphatic heterocycles. The summed E-state index contributed by atoms with van der Waals surface area (Å²) in [7, 11) is 4.60. The first-order chi connectivity index (χ1) is 10.2. The molecule has 0 atom stereocenters. The Hall–Kier alpha value is -1.95. The number of rotatable bonds is 6. The van der Waals surface area contributed by atoms with Crippen LogP contribution in [0.4, 0.5) is 0 Å². The molecule has 1 aromatic carbocycles. The van der Waals surface area contributed by atoms with E-state index in [1.54, 1.807) is 12.1 Å². The highest BCUT2D eigenvalue weighted by atomic mass is 16.5. The van der Waals surface area contributed by atoms with Crippen molar-refractivity contribution in [2.75, 3.05) is 41.1 Å². The summed E-state index contributed by atoms with van der Waals surface area (Å²) in [5.74, 6) is 1.28. The zero-order valence-electron chi connectivity index (χ0n) is 12.8. The number of carbonyl (C=O) groups is 1. The Balaban J connectivity index is 2.12. The van der Waals surface area contributed by atoms with Crippen molar-refractivity contribution in [1.82, 2.24) is 10.2 Å². The smallest absolute Gasteiger partial charge is 0.252 e. The van der Waals surface area contributed by atoms with Gasteiger partial charge in [-0.1, -0.05) is 0 Å². The molecule has 1 amide bonds. The maximum absolute atomic E-state index is 12.2. The van der Waals surface area contributed by atoms with Gasteiger partial charge in [0.1, 0.15) is 0 Å². The number of amides is 1. The van der Waals surface area contributed by atoms with Crippen LogP contribution >= 0.6 is 0 Å². The van der Waals surface area contributed by atoms with E-state index in [4.69, 9.17) is 14.2 Å². The van der Waals surface area contributed by atoms with Crippen molar-refractivity contribution < 1.29 is 19.0 Å². The molecule has 0 radical (unpaired) electrons. The highest BCUT2D eigenvalue weighted by Gasteiger charge is 2.18. The van der Waals surface area contributed by atoms with E-state index in [9.17, 15) is 4.79 Å². The molecule has 6 nitrogen and oxygen atoms in total.